The van der Waals surface area contributed by atoms with Gasteiger partial charge in [0, 0.05) is 24.7 Å². The summed E-state index contributed by atoms with van der Waals surface area (Å²) < 4.78 is 10.8. The van der Waals surface area contributed by atoms with Crippen molar-refractivity contribution in [2.75, 3.05) is 20.3 Å². The highest BCUT2D eigenvalue weighted by Crippen LogP contribution is 2.27. The van der Waals surface area contributed by atoms with Gasteiger partial charge in [-0.15, -0.1) is 11.3 Å². The van der Waals surface area contributed by atoms with Crippen molar-refractivity contribution in [3.8, 4) is 10.6 Å². The molecule has 0 atom stereocenters. The number of ether oxygens (including phenoxy) is 2. The van der Waals surface area contributed by atoms with Crippen LogP contribution in [0.2, 0.25) is 0 Å². The number of nitrogens with zero attached hydrogens (tertiary/aromatic N) is 3. The number of thiazole rings is 1. The Morgan fingerprint density at radius 1 is 1.29 bits per heavy atom. The predicted molar refractivity (Wildman–Crippen MR) is 106 cm³/mol. The van der Waals surface area contributed by atoms with Crippen molar-refractivity contribution in [3.63, 3.8) is 0 Å². The van der Waals surface area contributed by atoms with Gasteiger partial charge < -0.3 is 14.8 Å². The van der Waals surface area contributed by atoms with Gasteiger partial charge in [-0.3, -0.25) is 14.9 Å². The molecule has 0 unspecified atom stereocenters. The lowest BCUT2D eigenvalue weighted by atomic mass is 9.93. The second-order valence-corrected chi connectivity index (χ2v) is 7.75. The fraction of sp³-hybridized carbons (Fsp3) is 0.474. The number of hydrogen-bond acceptors (Lipinski definition) is 7. The molecule has 1 saturated carbocycles. The maximum Gasteiger partial charge on any atom is 0.272 e. The van der Waals surface area contributed by atoms with Gasteiger partial charge in [-0.2, -0.15) is 5.10 Å². The van der Waals surface area contributed by atoms with Crippen LogP contribution in [-0.4, -0.2) is 58.5 Å². The van der Waals surface area contributed by atoms with Crippen LogP contribution in [0.25, 0.3) is 21.5 Å². The number of aromatic nitrogens is 4. The van der Waals surface area contributed by atoms with E-state index in [0.29, 0.717) is 24.4 Å². The molecular formula is C19H23N5O3S. The molecule has 148 valence electrons. The highest BCUT2D eigenvalue weighted by molar-refractivity contribution is 7.13. The Labute approximate surface area is 166 Å². The first-order chi connectivity index (χ1) is 13.7. The van der Waals surface area contributed by atoms with E-state index in [1.54, 1.807) is 25.0 Å². The van der Waals surface area contributed by atoms with Crippen molar-refractivity contribution in [1.82, 2.24) is 25.5 Å². The summed E-state index contributed by atoms with van der Waals surface area (Å²) in [6.07, 6.45) is 7.36. The van der Waals surface area contributed by atoms with E-state index in [1.807, 2.05) is 6.07 Å². The number of aromatic amines is 1. The number of carbonyl (C=O) groups excluding carboxylic acids is 1. The molecule has 3 aromatic heterocycles. The molecular weight excluding hydrogens is 378 g/mol. The molecule has 3 heterocycles. The third kappa shape index (κ3) is 4.21. The first-order valence-electron chi connectivity index (χ1n) is 9.39. The van der Waals surface area contributed by atoms with E-state index >= 15 is 0 Å². The lowest BCUT2D eigenvalue weighted by Crippen LogP contribution is -2.39. The standard InChI is InChI=1S/C19H23N5O3S/c1-26-6-7-27-14-4-2-13(3-5-14)22-19(25)18-17-12(9-21-24-17)8-15(23-18)16-10-20-11-28-16/h8-11,13-14H,2-7H2,1H3,(H,21,24)(H,22,25)/t13-,14-. The Balaban J connectivity index is 1.44. The fourth-order valence-electron chi connectivity index (χ4n) is 3.51. The monoisotopic (exact) mass is 401 g/mol. The summed E-state index contributed by atoms with van der Waals surface area (Å²) in [5.41, 5.74) is 3.51. The van der Waals surface area contributed by atoms with Gasteiger partial charge >= 0.3 is 0 Å². The third-order valence-electron chi connectivity index (χ3n) is 4.98. The van der Waals surface area contributed by atoms with Crippen LogP contribution < -0.4 is 5.32 Å². The van der Waals surface area contributed by atoms with Crippen LogP contribution >= 0.6 is 11.3 Å². The summed E-state index contributed by atoms with van der Waals surface area (Å²) in [6, 6.07) is 2.05. The van der Waals surface area contributed by atoms with E-state index in [2.05, 4.69) is 25.5 Å². The number of amides is 1. The average Bonchev–Trinajstić information content (AvgIpc) is 3.40. The molecule has 0 aliphatic heterocycles. The molecule has 2 N–H and O–H groups in total. The lowest BCUT2D eigenvalue weighted by Gasteiger charge is -2.29. The average molecular weight is 401 g/mol. The summed E-state index contributed by atoms with van der Waals surface area (Å²) in [5.74, 6) is -0.177. The van der Waals surface area contributed by atoms with E-state index in [0.717, 1.165) is 41.6 Å². The van der Waals surface area contributed by atoms with Crippen molar-refractivity contribution in [1.29, 1.82) is 0 Å². The summed E-state index contributed by atoms with van der Waals surface area (Å²) in [7, 11) is 1.67. The van der Waals surface area contributed by atoms with Crippen LogP contribution in [0.5, 0.6) is 0 Å². The van der Waals surface area contributed by atoms with Crippen molar-refractivity contribution in [2.45, 2.75) is 37.8 Å². The second-order valence-electron chi connectivity index (χ2n) is 6.87. The van der Waals surface area contributed by atoms with Crippen molar-refractivity contribution < 1.29 is 14.3 Å². The number of methoxy groups -OCH3 is 1. The van der Waals surface area contributed by atoms with Gasteiger partial charge in [-0.25, -0.2) is 4.98 Å². The molecule has 28 heavy (non-hydrogen) atoms. The van der Waals surface area contributed by atoms with E-state index in [9.17, 15) is 4.79 Å². The van der Waals surface area contributed by atoms with Crippen LogP contribution in [0.1, 0.15) is 36.2 Å². The number of rotatable bonds is 7. The minimum atomic E-state index is -0.177. The molecule has 8 nitrogen and oxygen atoms in total. The maximum absolute atomic E-state index is 13.0. The fourth-order valence-corrected chi connectivity index (χ4v) is 4.09. The van der Waals surface area contributed by atoms with Crippen molar-refractivity contribution >= 4 is 28.1 Å². The Morgan fingerprint density at radius 2 is 2.14 bits per heavy atom. The van der Waals surface area contributed by atoms with E-state index in [1.165, 1.54) is 11.3 Å². The molecule has 0 aromatic carbocycles. The number of carbonyl (C=O) groups is 1. The zero-order chi connectivity index (χ0) is 19.3. The van der Waals surface area contributed by atoms with Gasteiger partial charge in [-0.05, 0) is 31.7 Å². The predicted octanol–water partition coefficient (Wildman–Crippen LogP) is 2.79. The number of nitrogens with one attached hydrogen (secondary N) is 2. The molecule has 1 aliphatic carbocycles. The van der Waals surface area contributed by atoms with Gasteiger partial charge in [0.05, 0.1) is 47.1 Å². The normalized spacial score (nSPS) is 19.8. The summed E-state index contributed by atoms with van der Waals surface area (Å²) >= 11 is 1.49. The van der Waals surface area contributed by atoms with Gasteiger partial charge in [0.25, 0.3) is 5.91 Å². The SMILES string of the molecule is COCCO[C@H]1CC[C@H](NC(=O)c2nc(-c3cncs3)cc3cn[nH]c23)CC1. The Morgan fingerprint density at radius 3 is 2.89 bits per heavy atom. The van der Waals surface area contributed by atoms with Gasteiger partial charge in [0.15, 0.2) is 5.69 Å². The highest BCUT2D eigenvalue weighted by atomic mass is 32.1. The lowest BCUT2D eigenvalue weighted by molar-refractivity contribution is -0.00409. The van der Waals surface area contributed by atoms with Crippen LogP contribution in [-0.2, 0) is 9.47 Å². The first kappa shape index (κ1) is 19.0. The Bertz CT molecular complexity index is 919. The minimum Gasteiger partial charge on any atom is -0.382 e. The van der Waals surface area contributed by atoms with Gasteiger partial charge in [0.2, 0.25) is 0 Å². The largest absolute Gasteiger partial charge is 0.382 e. The van der Waals surface area contributed by atoms with Gasteiger partial charge in [-0.1, -0.05) is 0 Å². The number of hydrogen-bond donors (Lipinski definition) is 2. The Hall–Kier alpha value is -2.36. The molecule has 1 fully saturated rings. The number of H-pyrrole nitrogens is 1. The smallest absolute Gasteiger partial charge is 0.272 e. The van der Waals surface area contributed by atoms with Crippen molar-refractivity contribution in [2.24, 2.45) is 0 Å². The molecule has 1 aliphatic rings. The van der Waals surface area contributed by atoms with Crippen LogP contribution in [0.4, 0.5) is 0 Å². The van der Waals surface area contributed by atoms with Crippen LogP contribution in [0.3, 0.4) is 0 Å². The molecule has 3 aromatic rings. The summed E-state index contributed by atoms with van der Waals surface area (Å²) in [6.45, 7) is 1.23. The van der Waals surface area contributed by atoms with Crippen molar-refractivity contribution in [3.05, 3.63) is 29.7 Å². The first-order valence-corrected chi connectivity index (χ1v) is 10.3. The summed E-state index contributed by atoms with van der Waals surface area (Å²) in [4.78, 5) is 22.6. The van der Waals surface area contributed by atoms with E-state index < -0.39 is 0 Å². The number of fused-ring (bicyclic) bond motifs is 1. The Kier molecular flexibility index (Phi) is 5.94. The minimum absolute atomic E-state index is 0.126. The topological polar surface area (TPSA) is 102 Å². The second kappa shape index (κ2) is 8.76. The quantitative estimate of drug-likeness (QED) is 0.590. The van der Waals surface area contributed by atoms with E-state index in [4.69, 9.17) is 9.47 Å². The molecule has 0 saturated heterocycles. The molecule has 0 bridgehead atoms. The summed E-state index contributed by atoms with van der Waals surface area (Å²) in [5, 5.41) is 11.0. The van der Waals surface area contributed by atoms with Crippen LogP contribution in [0, 0.1) is 0 Å². The third-order valence-corrected chi connectivity index (χ3v) is 5.78. The van der Waals surface area contributed by atoms with Gasteiger partial charge in [0.1, 0.15) is 0 Å². The molecule has 4 rings (SSSR count). The zero-order valence-corrected chi connectivity index (χ0v) is 16.5. The highest BCUT2D eigenvalue weighted by Gasteiger charge is 2.25. The zero-order valence-electron chi connectivity index (χ0n) is 15.7. The maximum atomic E-state index is 13.0. The van der Waals surface area contributed by atoms with E-state index in [-0.39, 0.29) is 18.1 Å². The number of pyridine rings is 1. The molecule has 0 radical (unpaired) electrons. The molecule has 9 heteroatoms. The molecule has 1 amide bonds. The molecule has 0 spiro atoms. The van der Waals surface area contributed by atoms with Crippen LogP contribution in [0.15, 0.2) is 24.0 Å².